The molecule has 3 N–H and O–H groups in total. The topological polar surface area (TPSA) is 94.2 Å². The summed E-state index contributed by atoms with van der Waals surface area (Å²) in [5, 5.41) is 7.07. The summed E-state index contributed by atoms with van der Waals surface area (Å²) in [5.41, 5.74) is -0.183. The second-order valence-corrected chi connectivity index (χ2v) is 4.79. The molecule has 1 amide bonds. The fourth-order valence-electron chi connectivity index (χ4n) is 1.26. The van der Waals surface area contributed by atoms with Crippen molar-refractivity contribution >= 4 is 15.9 Å². The maximum Gasteiger partial charge on any atom is 0.267 e. The fourth-order valence-corrected chi connectivity index (χ4v) is 1.81. The third-order valence-corrected chi connectivity index (χ3v) is 2.87. The van der Waals surface area contributed by atoms with Gasteiger partial charge in [0.1, 0.15) is 10.6 Å². The summed E-state index contributed by atoms with van der Waals surface area (Å²) in [6, 6.07) is 0.955. The molecular formula is C8H11F2N3O3S. The molecule has 0 unspecified atom stereocenters. The lowest BCUT2D eigenvalue weighted by molar-refractivity contribution is 0.0940. The van der Waals surface area contributed by atoms with Gasteiger partial charge in [-0.1, -0.05) is 0 Å². The van der Waals surface area contributed by atoms with Crippen LogP contribution in [-0.2, 0) is 16.6 Å². The van der Waals surface area contributed by atoms with E-state index in [1.807, 2.05) is 0 Å². The monoisotopic (exact) mass is 267 g/mol. The third kappa shape index (κ3) is 3.24. The zero-order valence-corrected chi connectivity index (χ0v) is 9.67. The van der Waals surface area contributed by atoms with E-state index < -0.39 is 28.9 Å². The molecule has 1 aromatic heterocycles. The molecule has 0 spiro atoms. The summed E-state index contributed by atoms with van der Waals surface area (Å²) in [6.07, 6.45) is -1.80. The summed E-state index contributed by atoms with van der Waals surface area (Å²) >= 11 is 0. The van der Waals surface area contributed by atoms with E-state index in [0.717, 1.165) is 16.8 Å². The lowest BCUT2D eigenvalue weighted by Crippen LogP contribution is -2.22. The van der Waals surface area contributed by atoms with Gasteiger partial charge in [0.25, 0.3) is 12.3 Å². The number of halogens is 2. The molecule has 0 aliphatic heterocycles. The number of nitrogens with zero attached hydrogens (tertiary/aromatic N) is 1. The van der Waals surface area contributed by atoms with Crippen LogP contribution in [0.15, 0.2) is 17.2 Å². The highest BCUT2D eigenvalue weighted by Crippen LogP contribution is 2.14. The molecule has 0 aliphatic rings. The maximum absolute atomic E-state index is 12.2. The number of hydrogen-bond acceptors (Lipinski definition) is 3. The van der Waals surface area contributed by atoms with E-state index in [1.165, 1.54) is 7.05 Å². The number of nitrogens with one attached hydrogen (secondary N) is 1. The molecule has 0 aromatic carbocycles. The van der Waals surface area contributed by atoms with Crippen LogP contribution in [0.1, 0.15) is 10.5 Å². The number of carbonyl (C=O) groups is 1. The van der Waals surface area contributed by atoms with Gasteiger partial charge < -0.3 is 9.88 Å². The van der Waals surface area contributed by atoms with Crippen LogP contribution in [0.3, 0.4) is 0 Å². The molecule has 9 heteroatoms. The van der Waals surface area contributed by atoms with Crippen LogP contribution in [-0.4, -0.2) is 32.4 Å². The number of primary sulfonamides is 1. The molecule has 0 bridgehead atoms. The Morgan fingerprint density at radius 1 is 1.59 bits per heavy atom. The van der Waals surface area contributed by atoms with E-state index in [-0.39, 0.29) is 10.6 Å². The molecular weight excluding hydrogens is 256 g/mol. The van der Waals surface area contributed by atoms with Gasteiger partial charge in [-0.3, -0.25) is 4.79 Å². The van der Waals surface area contributed by atoms with Crippen molar-refractivity contribution in [3.63, 3.8) is 0 Å². The normalized spacial score (nSPS) is 11.8. The van der Waals surface area contributed by atoms with Crippen molar-refractivity contribution in [2.45, 2.75) is 17.9 Å². The predicted molar refractivity (Wildman–Crippen MR) is 55.2 cm³/mol. The number of rotatable bonds is 4. The highest BCUT2D eigenvalue weighted by atomic mass is 32.2. The molecule has 1 rings (SSSR count). The Labute approximate surface area is 96.5 Å². The van der Waals surface area contributed by atoms with Crippen LogP contribution in [0.4, 0.5) is 8.78 Å². The van der Waals surface area contributed by atoms with Crippen LogP contribution >= 0.6 is 0 Å². The van der Waals surface area contributed by atoms with Gasteiger partial charge in [-0.25, -0.2) is 22.3 Å². The Bertz CT molecular complexity index is 524. The van der Waals surface area contributed by atoms with E-state index in [9.17, 15) is 22.0 Å². The SMILES string of the molecule is CNC(=O)c1cc(S(N)(=O)=O)cn1CC(F)F. The minimum absolute atomic E-state index is 0.183. The molecule has 0 radical (unpaired) electrons. The predicted octanol–water partition coefficient (Wildman–Crippen LogP) is -0.240. The maximum atomic E-state index is 12.2. The van der Waals surface area contributed by atoms with Crippen molar-refractivity contribution in [1.29, 1.82) is 0 Å². The van der Waals surface area contributed by atoms with E-state index in [0.29, 0.717) is 0 Å². The highest BCUT2D eigenvalue weighted by molar-refractivity contribution is 7.89. The molecule has 96 valence electrons. The largest absolute Gasteiger partial charge is 0.354 e. The molecule has 0 fully saturated rings. The number of amides is 1. The van der Waals surface area contributed by atoms with Crippen molar-refractivity contribution in [3.8, 4) is 0 Å². The van der Waals surface area contributed by atoms with Gasteiger partial charge in [0.05, 0.1) is 6.54 Å². The highest BCUT2D eigenvalue weighted by Gasteiger charge is 2.19. The quantitative estimate of drug-likeness (QED) is 0.788. The van der Waals surface area contributed by atoms with Crippen LogP contribution in [0, 0.1) is 0 Å². The van der Waals surface area contributed by atoms with E-state index >= 15 is 0 Å². The van der Waals surface area contributed by atoms with Crippen LogP contribution in [0.5, 0.6) is 0 Å². The van der Waals surface area contributed by atoms with Gasteiger partial charge in [-0.2, -0.15) is 0 Å². The molecule has 6 nitrogen and oxygen atoms in total. The number of carbonyl (C=O) groups excluding carboxylic acids is 1. The van der Waals surface area contributed by atoms with Gasteiger partial charge in [-0.05, 0) is 6.07 Å². The van der Waals surface area contributed by atoms with Gasteiger partial charge in [-0.15, -0.1) is 0 Å². The minimum atomic E-state index is -4.03. The van der Waals surface area contributed by atoms with Crippen molar-refractivity contribution in [1.82, 2.24) is 9.88 Å². The van der Waals surface area contributed by atoms with Gasteiger partial charge in [0, 0.05) is 13.2 Å². The Hall–Kier alpha value is -1.48. The fraction of sp³-hybridized carbons (Fsp3) is 0.375. The van der Waals surface area contributed by atoms with E-state index in [1.54, 1.807) is 0 Å². The average Bonchev–Trinajstić information content (AvgIpc) is 2.59. The summed E-state index contributed by atoms with van der Waals surface area (Å²) in [7, 11) is -2.72. The van der Waals surface area contributed by atoms with Crippen LogP contribution in [0.25, 0.3) is 0 Å². The molecule has 0 atom stereocenters. The van der Waals surface area contributed by atoms with Crippen molar-refractivity contribution in [3.05, 3.63) is 18.0 Å². The van der Waals surface area contributed by atoms with E-state index in [4.69, 9.17) is 5.14 Å². The lowest BCUT2D eigenvalue weighted by Gasteiger charge is -2.06. The number of hydrogen-bond donors (Lipinski definition) is 2. The smallest absolute Gasteiger partial charge is 0.267 e. The molecule has 0 aliphatic carbocycles. The Balaban J connectivity index is 3.26. The first-order valence-electron chi connectivity index (χ1n) is 4.49. The first kappa shape index (κ1) is 13.6. The van der Waals surface area contributed by atoms with Crippen LogP contribution in [0.2, 0.25) is 0 Å². The van der Waals surface area contributed by atoms with E-state index in [2.05, 4.69) is 5.32 Å². The Morgan fingerprint density at radius 3 is 2.59 bits per heavy atom. The number of alkyl halides is 2. The van der Waals surface area contributed by atoms with Crippen molar-refractivity contribution in [2.75, 3.05) is 7.05 Å². The summed E-state index contributed by atoms with van der Waals surface area (Å²) in [4.78, 5) is 11.0. The standard InChI is InChI=1S/C8H11F2N3O3S/c1-12-8(14)6-2-5(17(11,15)16)3-13(6)4-7(9)10/h2-3,7H,4H2,1H3,(H,12,14)(H2,11,15,16). The Morgan fingerprint density at radius 2 is 2.18 bits per heavy atom. The van der Waals surface area contributed by atoms with Gasteiger partial charge in [0.15, 0.2) is 0 Å². The minimum Gasteiger partial charge on any atom is -0.354 e. The van der Waals surface area contributed by atoms with Gasteiger partial charge >= 0.3 is 0 Å². The first-order valence-corrected chi connectivity index (χ1v) is 6.03. The number of aromatic nitrogens is 1. The lowest BCUT2D eigenvalue weighted by atomic mass is 10.4. The van der Waals surface area contributed by atoms with Crippen molar-refractivity contribution in [2.24, 2.45) is 5.14 Å². The second-order valence-electron chi connectivity index (χ2n) is 3.23. The Kier molecular flexibility index (Phi) is 3.83. The first-order chi connectivity index (χ1) is 7.75. The molecule has 0 saturated heterocycles. The van der Waals surface area contributed by atoms with Crippen molar-refractivity contribution < 1.29 is 22.0 Å². The third-order valence-electron chi connectivity index (χ3n) is 1.99. The van der Waals surface area contributed by atoms with Crippen LogP contribution < -0.4 is 10.5 Å². The molecule has 1 aromatic rings. The zero-order chi connectivity index (χ0) is 13.2. The summed E-state index contributed by atoms with van der Waals surface area (Å²) in [6.45, 7) is -0.779. The summed E-state index contributed by atoms with van der Waals surface area (Å²) < 4.78 is 47.4. The number of nitrogens with two attached hydrogens (primary N) is 1. The average molecular weight is 267 g/mol. The summed E-state index contributed by atoms with van der Waals surface area (Å²) in [5.74, 6) is -0.666. The zero-order valence-electron chi connectivity index (χ0n) is 8.85. The molecule has 1 heterocycles. The number of sulfonamides is 1. The van der Waals surface area contributed by atoms with Gasteiger partial charge in [0.2, 0.25) is 10.0 Å². The molecule has 17 heavy (non-hydrogen) atoms. The molecule has 0 saturated carbocycles. The second kappa shape index (κ2) is 4.80.